The van der Waals surface area contributed by atoms with Gasteiger partial charge in [0.25, 0.3) is 5.91 Å². The molecular formula is C21H31N3O3. The predicted molar refractivity (Wildman–Crippen MR) is 104 cm³/mol. The average molecular weight is 373 g/mol. The van der Waals surface area contributed by atoms with Crippen LogP contribution in [-0.4, -0.2) is 65.0 Å². The van der Waals surface area contributed by atoms with Crippen molar-refractivity contribution in [3.05, 3.63) is 35.4 Å². The van der Waals surface area contributed by atoms with Gasteiger partial charge in [-0.05, 0) is 36.3 Å². The lowest BCUT2D eigenvalue weighted by Crippen LogP contribution is -2.58. The first-order valence-electron chi connectivity index (χ1n) is 9.97. The maximum atomic E-state index is 13.0. The summed E-state index contributed by atoms with van der Waals surface area (Å²) in [4.78, 5) is 28.4. The molecule has 1 aromatic carbocycles. The van der Waals surface area contributed by atoms with Crippen LogP contribution in [0.3, 0.4) is 0 Å². The summed E-state index contributed by atoms with van der Waals surface area (Å²) in [7, 11) is 0. The monoisotopic (exact) mass is 373 g/mol. The van der Waals surface area contributed by atoms with Crippen LogP contribution < -0.4 is 5.32 Å². The van der Waals surface area contributed by atoms with E-state index in [0.717, 1.165) is 18.4 Å². The van der Waals surface area contributed by atoms with Crippen LogP contribution in [0.25, 0.3) is 0 Å². The minimum atomic E-state index is -1.40. The fourth-order valence-corrected chi connectivity index (χ4v) is 3.96. The number of carbonyl (C=O) groups is 2. The molecule has 0 aliphatic carbocycles. The number of nitrogens with zero attached hydrogens (tertiary/aromatic N) is 2. The molecule has 0 bridgehead atoms. The van der Waals surface area contributed by atoms with E-state index in [1.807, 2.05) is 4.90 Å². The Morgan fingerprint density at radius 3 is 2.59 bits per heavy atom. The van der Waals surface area contributed by atoms with Crippen molar-refractivity contribution in [1.29, 1.82) is 0 Å². The highest BCUT2D eigenvalue weighted by Gasteiger charge is 2.43. The number of β-amino-alcohol motifs (C(OH)–C–C–N with tert-alkyl or cyclic N) is 1. The Balaban J connectivity index is 1.66. The van der Waals surface area contributed by atoms with Gasteiger partial charge in [0.15, 0.2) is 5.60 Å². The number of aliphatic hydroxyl groups is 1. The Morgan fingerprint density at radius 2 is 1.89 bits per heavy atom. The molecule has 1 aromatic rings. The zero-order valence-electron chi connectivity index (χ0n) is 16.4. The lowest BCUT2D eigenvalue weighted by atomic mass is 9.90. The molecule has 0 aromatic heterocycles. The van der Waals surface area contributed by atoms with Gasteiger partial charge in [-0.25, -0.2) is 0 Å². The summed E-state index contributed by atoms with van der Waals surface area (Å²) >= 11 is 0. The maximum Gasteiger partial charge on any atom is 0.256 e. The lowest BCUT2D eigenvalue weighted by molar-refractivity contribution is -0.160. The summed E-state index contributed by atoms with van der Waals surface area (Å²) in [6, 6.07) is 8.34. The molecule has 2 saturated heterocycles. The van der Waals surface area contributed by atoms with Crippen molar-refractivity contribution in [2.24, 2.45) is 0 Å². The second-order valence-corrected chi connectivity index (χ2v) is 8.17. The molecule has 2 N–H and O–H groups in total. The standard InChI is InChI=1S/C21H31N3O3/c1-16(2)18-7-5-17(6-8-18)13-24-12-3-9-21(27,20(24)26)15-23-11-4-10-22-19(25)14-23/h5-8,16,27H,3-4,9-15H2,1-2H3,(H,22,25)/t21-/m1/s1. The van der Waals surface area contributed by atoms with E-state index in [2.05, 4.69) is 43.4 Å². The highest BCUT2D eigenvalue weighted by atomic mass is 16.3. The summed E-state index contributed by atoms with van der Waals surface area (Å²) in [5.74, 6) is 0.222. The van der Waals surface area contributed by atoms with Crippen molar-refractivity contribution in [1.82, 2.24) is 15.1 Å². The van der Waals surface area contributed by atoms with Crippen molar-refractivity contribution >= 4 is 11.8 Å². The fourth-order valence-electron chi connectivity index (χ4n) is 3.96. The number of hydrogen-bond donors (Lipinski definition) is 2. The first-order valence-corrected chi connectivity index (χ1v) is 9.97. The van der Waals surface area contributed by atoms with Crippen molar-refractivity contribution in [2.75, 3.05) is 32.7 Å². The molecular weight excluding hydrogens is 342 g/mol. The van der Waals surface area contributed by atoms with Crippen LogP contribution >= 0.6 is 0 Å². The molecule has 6 nitrogen and oxygen atoms in total. The van der Waals surface area contributed by atoms with E-state index in [4.69, 9.17) is 0 Å². The van der Waals surface area contributed by atoms with Crippen LogP contribution in [0.5, 0.6) is 0 Å². The zero-order chi connectivity index (χ0) is 19.4. The van der Waals surface area contributed by atoms with E-state index >= 15 is 0 Å². The summed E-state index contributed by atoms with van der Waals surface area (Å²) < 4.78 is 0. The fraction of sp³-hybridized carbons (Fsp3) is 0.619. The lowest BCUT2D eigenvalue weighted by Gasteiger charge is -2.40. The Labute approximate surface area is 161 Å². The molecule has 0 saturated carbocycles. The number of rotatable bonds is 5. The number of benzene rings is 1. The van der Waals surface area contributed by atoms with Crippen LogP contribution in [0.15, 0.2) is 24.3 Å². The topological polar surface area (TPSA) is 72.9 Å². The third-order valence-electron chi connectivity index (χ3n) is 5.55. The molecule has 2 aliphatic heterocycles. The molecule has 0 unspecified atom stereocenters. The molecule has 2 amide bonds. The maximum absolute atomic E-state index is 13.0. The van der Waals surface area contributed by atoms with Gasteiger partial charge in [-0.15, -0.1) is 0 Å². The average Bonchev–Trinajstić information content (AvgIpc) is 2.83. The van der Waals surface area contributed by atoms with Gasteiger partial charge in [-0.3, -0.25) is 14.5 Å². The van der Waals surface area contributed by atoms with E-state index in [1.165, 1.54) is 5.56 Å². The van der Waals surface area contributed by atoms with Gasteiger partial charge in [-0.2, -0.15) is 0 Å². The Kier molecular flexibility index (Phi) is 6.17. The minimum absolute atomic E-state index is 0.0403. The Morgan fingerprint density at radius 1 is 1.15 bits per heavy atom. The highest BCUT2D eigenvalue weighted by molar-refractivity contribution is 5.86. The van der Waals surface area contributed by atoms with E-state index in [1.54, 1.807) is 4.90 Å². The molecule has 2 heterocycles. The van der Waals surface area contributed by atoms with Gasteiger partial charge in [0.05, 0.1) is 6.54 Å². The normalized spacial score (nSPS) is 24.8. The zero-order valence-corrected chi connectivity index (χ0v) is 16.4. The third kappa shape index (κ3) is 4.87. The first kappa shape index (κ1) is 19.8. The molecule has 0 spiro atoms. The SMILES string of the molecule is CC(C)c1ccc(CN2CCC[C@@](O)(CN3CCCNC(=O)C3)C2=O)cc1. The molecule has 3 rings (SSSR count). The molecule has 2 aliphatic rings. The second kappa shape index (κ2) is 8.40. The third-order valence-corrected chi connectivity index (χ3v) is 5.55. The largest absolute Gasteiger partial charge is 0.379 e. The minimum Gasteiger partial charge on any atom is -0.379 e. The van der Waals surface area contributed by atoms with Crippen LogP contribution in [0.1, 0.15) is 50.2 Å². The van der Waals surface area contributed by atoms with Crippen molar-refractivity contribution in [3.8, 4) is 0 Å². The number of hydrogen-bond acceptors (Lipinski definition) is 4. The summed E-state index contributed by atoms with van der Waals surface area (Å²) in [6.45, 7) is 7.33. The number of carbonyl (C=O) groups excluding carboxylic acids is 2. The van der Waals surface area contributed by atoms with Gasteiger partial charge in [0.1, 0.15) is 0 Å². The van der Waals surface area contributed by atoms with Crippen molar-refractivity contribution in [3.63, 3.8) is 0 Å². The van der Waals surface area contributed by atoms with Gasteiger partial charge >= 0.3 is 0 Å². The van der Waals surface area contributed by atoms with E-state index in [9.17, 15) is 14.7 Å². The molecule has 2 fully saturated rings. The molecule has 148 valence electrons. The van der Waals surface area contributed by atoms with Crippen LogP contribution in [0.2, 0.25) is 0 Å². The second-order valence-electron chi connectivity index (χ2n) is 8.17. The van der Waals surface area contributed by atoms with Crippen LogP contribution in [-0.2, 0) is 16.1 Å². The summed E-state index contributed by atoms with van der Waals surface area (Å²) in [5.41, 5.74) is 0.951. The van der Waals surface area contributed by atoms with Crippen molar-refractivity contribution < 1.29 is 14.7 Å². The van der Waals surface area contributed by atoms with Gasteiger partial charge in [0, 0.05) is 32.7 Å². The van der Waals surface area contributed by atoms with Crippen LogP contribution in [0, 0.1) is 0 Å². The number of amides is 2. The van der Waals surface area contributed by atoms with E-state index < -0.39 is 5.60 Å². The van der Waals surface area contributed by atoms with Crippen LogP contribution in [0.4, 0.5) is 0 Å². The summed E-state index contributed by atoms with van der Waals surface area (Å²) in [6.07, 6.45) is 2.06. The van der Waals surface area contributed by atoms with Gasteiger partial charge in [-0.1, -0.05) is 38.1 Å². The van der Waals surface area contributed by atoms with E-state index in [-0.39, 0.29) is 24.9 Å². The van der Waals surface area contributed by atoms with Crippen molar-refractivity contribution in [2.45, 2.75) is 51.2 Å². The number of piperidine rings is 1. The number of nitrogens with one attached hydrogen (secondary N) is 1. The Bertz CT molecular complexity index is 674. The van der Waals surface area contributed by atoms with Gasteiger partial charge in [0.2, 0.25) is 5.91 Å². The van der Waals surface area contributed by atoms with Gasteiger partial charge < -0.3 is 15.3 Å². The molecule has 6 heteroatoms. The molecule has 0 radical (unpaired) electrons. The van der Waals surface area contributed by atoms with E-state index in [0.29, 0.717) is 38.5 Å². The molecule has 1 atom stereocenters. The Hall–Kier alpha value is -1.92. The highest BCUT2D eigenvalue weighted by Crippen LogP contribution is 2.26. The smallest absolute Gasteiger partial charge is 0.256 e. The molecule has 27 heavy (non-hydrogen) atoms. The summed E-state index contributed by atoms with van der Waals surface area (Å²) in [5, 5.41) is 13.9. The number of likely N-dealkylation sites (tertiary alicyclic amines) is 1. The predicted octanol–water partition coefficient (Wildman–Crippen LogP) is 1.49. The first-order chi connectivity index (χ1) is 12.9. The quantitative estimate of drug-likeness (QED) is 0.820.